The Hall–Kier alpha value is -0.790. The SMILES string of the molecule is O=C(NCc1cnns1)c1ccc(Br)s1. The zero-order valence-corrected chi connectivity index (χ0v) is 10.7. The molecule has 1 amide bonds. The number of halogens is 1. The molecule has 2 aromatic rings. The topological polar surface area (TPSA) is 54.9 Å². The minimum atomic E-state index is -0.0703. The van der Waals surface area contributed by atoms with Crippen LogP contribution < -0.4 is 5.32 Å². The molecule has 0 aliphatic carbocycles. The molecule has 0 aliphatic heterocycles. The Balaban J connectivity index is 1.93. The van der Waals surface area contributed by atoms with Gasteiger partial charge < -0.3 is 5.32 Å². The molecule has 2 heterocycles. The normalized spacial score (nSPS) is 10.2. The van der Waals surface area contributed by atoms with Crippen molar-refractivity contribution < 1.29 is 4.79 Å². The molecule has 0 unspecified atom stereocenters. The third kappa shape index (κ3) is 2.83. The van der Waals surface area contributed by atoms with E-state index in [-0.39, 0.29) is 5.91 Å². The largest absolute Gasteiger partial charge is 0.346 e. The average molecular weight is 304 g/mol. The van der Waals surface area contributed by atoms with Gasteiger partial charge in [0.2, 0.25) is 0 Å². The molecule has 7 heteroatoms. The zero-order valence-electron chi connectivity index (χ0n) is 7.44. The van der Waals surface area contributed by atoms with Crippen molar-refractivity contribution in [2.24, 2.45) is 0 Å². The van der Waals surface area contributed by atoms with Gasteiger partial charge in [-0.2, -0.15) is 0 Å². The summed E-state index contributed by atoms with van der Waals surface area (Å²) in [7, 11) is 0. The number of hydrogen-bond donors (Lipinski definition) is 1. The first kappa shape index (κ1) is 10.7. The molecule has 0 bridgehead atoms. The molecule has 0 aliphatic rings. The van der Waals surface area contributed by atoms with E-state index in [4.69, 9.17) is 0 Å². The number of carbonyl (C=O) groups is 1. The molecule has 0 atom stereocenters. The summed E-state index contributed by atoms with van der Waals surface area (Å²) in [4.78, 5) is 13.2. The molecule has 2 aromatic heterocycles. The van der Waals surface area contributed by atoms with Crippen molar-refractivity contribution in [2.75, 3.05) is 0 Å². The lowest BCUT2D eigenvalue weighted by Gasteiger charge is -1.99. The fourth-order valence-electron chi connectivity index (χ4n) is 0.956. The number of carbonyl (C=O) groups excluding carboxylic acids is 1. The molecule has 0 saturated carbocycles. The lowest BCUT2D eigenvalue weighted by molar-refractivity contribution is 0.0955. The van der Waals surface area contributed by atoms with Crippen molar-refractivity contribution in [3.63, 3.8) is 0 Å². The van der Waals surface area contributed by atoms with Gasteiger partial charge in [0, 0.05) is 0 Å². The number of nitrogens with one attached hydrogen (secondary N) is 1. The average Bonchev–Trinajstić information content (AvgIpc) is 2.84. The Labute approximate surface area is 103 Å². The van der Waals surface area contributed by atoms with Gasteiger partial charge in [0.1, 0.15) is 0 Å². The second kappa shape index (κ2) is 4.82. The second-order valence-electron chi connectivity index (χ2n) is 2.67. The van der Waals surface area contributed by atoms with E-state index >= 15 is 0 Å². The highest BCUT2D eigenvalue weighted by Crippen LogP contribution is 2.21. The first-order valence-electron chi connectivity index (χ1n) is 4.05. The van der Waals surface area contributed by atoms with E-state index in [1.54, 1.807) is 12.3 Å². The van der Waals surface area contributed by atoms with Crippen LogP contribution in [0.25, 0.3) is 0 Å². The molecule has 0 saturated heterocycles. The van der Waals surface area contributed by atoms with Crippen LogP contribution in [0.4, 0.5) is 0 Å². The summed E-state index contributed by atoms with van der Waals surface area (Å²) >= 11 is 6.00. The zero-order chi connectivity index (χ0) is 10.7. The standard InChI is InChI=1S/C8H6BrN3OS2/c9-7-2-1-6(14-7)8(13)10-3-5-4-11-12-15-5/h1-2,4H,3H2,(H,10,13). The molecule has 4 nitrogen and oxygen atoms in total. The van der Waals surface area contributed by atoms with E-state index in [0.717, 1.165) is 8.66 Å². The quantitative estimate of drug-likeness (QED) is 0.946. The fraction of sp³-hybridized carbons (Fsp3) is 0.125. The van der Waals surface area contributed by atoms with E-state index in [9.17, 15) is 4.79 Å². The van der Waals surface area contributed by atoms with Gasteiger partial charge in [0.05, 0.1) is 26.3 Å². The summed E-state index contributed by atoms with van der Waals surface area (Å²) in [6, 6.07) is 3.64. The summed E-state index contributed by atoms with van der Waals surface area (Å²) in [5.74, 6) is -0.0703. The van der Waals surface area contributed by atoms with Crippen LogP contribution in [-0.4, -0.2) is 15.5 Å². The smallest absolute Gasteiger partial charge is 0.261 e. The van der Waals surface area contributed by atoms with Crippen LogP contribution in [0, 0.1) is 0 Å². The molecule has 78 valence electrons. The van der Waals surface area contributed by atoms with E-state index in [2.05, 4.69) is 30.8 Å². The van der Waals surface area contributed by atoms with Gasteiger partial charge in [0.15, 0.2) is 0 Å². The van der Waals surface area contributed by atoms with Crippen LogP contribution in [0.3, 0.4) is 0 Å². The van der Waals surface area contributed by atoms with Gasteiger partial charge in [-0.25, -0.2) is 0 Å². The molecule has 0 aromatic carbocycles. The number of aromatic nitrogens is 2. The van der Waals surface area contributed by atoms with Crippen LogP contribution in [0.1, 0.15) is 14.5 Å². The van der Waals surface area contributed by atoms with Crippen LogP contribution in [0.5, 0.6) is 0 Å². The molecular formula is C8H6BrN3OS2. The van der Waals surface area contributed by atoms with Crippen LogP contribution in [0.15, 0.2) is 22.1 Å². The number of hydrogen-bond acceptors (Lipinski definition) is 5. The molecule has 0 radical (unpaired) electrons. The highest BCUT2D eigenvalue weighted by molar-refractivity contribution is 9.11. The Morgan fingerprint density at radius 3 is 3.00 bits per heavy atom. The Kier molecular flexibility index (Phi) is 3.45. The lowest BCUT2D eigenvalue weighted by Crippen LogP contribution is -2.21. The van der Waals surface area contributed by atoms with Gasteiger partial charge in [-0.3, -0.25) is 4.79 Å². The molecule has 15 heavy (non-hydrogen) atoms. The maximum Gasteiger partial charge on any atom is 0.261 e. The monoisotopic (exact) mass is 303 g/mol. The van der Waals surface area contributed by atoms with Crippen LogP contribution >= 0.6 is 38.8 Å². The number of amides is 1. The van der Waals surface area contributed by atoms with E-state index < -0.39 is 0 Å². The third-order valence-corrected chi connectivity index (χ3v) is 3.91. The van der Waals surface area contributed by atoms with Gasteiger partial charge in [-0.05, 0) is 39.6 Å². The molecule has 1 N–H and O–H groups in total. The van der Waals surface area contributed by atoms with Crippen molar-refractivity contribution in [3.8, 4) is 0 Å². The second-order valence-corrected chi connectivity index (χ2v) is 6.00. The molecular weight excluding hydrogens is 298 g/mol. The fourth-order valence-corrected chi connectivity index (χ4v) is 2.69. The van der Waals surface area contributed by atoms with Crippen molar-refractivity contribution in [3.05, 3.63) is 31.9 Å². The Morgan fingerprint density at radius 1 is 1.53 bits per heavy atom. The lowest BCUT2D eigenvalue weighted by atomic mass is 10.4. The predicted octanol–water partition coefficient (Wildman–Crippen LogP) is 2.29. The maximum atomic E-state index is 11.6. The summed E-state index contributed by atoms with van der Waals surface area (Å²) in [5.41, 5.74) is 0. The van der Waals surface area contributed by atoms with Gasteiger partial charge >= 0.3 is 0 Å². The first-order valence-corrected chi connectivity index (χ1v) is 6.44. The van der Waals surface area contributed by atoms with Crippen molar-refractivity contribution in [2.45, 2.75) is 6.54 Å². The van der Waals surface area contributed by atoms with Crippen molar-refractivity contribution in [1.82, 2.24) is 14.9 Å². The minimum Gasteiger partial charge on any atom is -0.346 e. The van der Waals surface area contributed by atoms with E-state index in [1.165, 1.54) is 22.9 Å². The predicted molar refractivity (Wildman–Crippen MR) is 63.1 cm³/mol. The summed E-state index contributed by atoms with van der Waals surface area (Å²) in [6.45, 7) is 0.478. The minimum absolute atomic E-state index is 0.0703. The Morgan fingerprint density at radius 2 is 2.40 bits per heavy atom. The third-order valence-electron chi connectivity index (χ3n) is 1.63. The highest BCUT2D eigenvalue weighted by atomic mass is 79.9. The number of thiophene rings is 1. The summed E-state index contributed by atoms with van der Waals surface area (Å²) in [6.07, 6.45) is 1.65. The molecule has 2 rings (SSSR count). The summed E-state index contributed by atoms with van der Waals surface area (Å²) < 4.78 is 4.66. The Bertz CT molecular complexity index is 454. The van der Waals surface area contributed by atoms with Crippen LogP contribution in [-0.2, 0) is 6.54 Å². The van der Waals surface area contributed by atoms with E-state index in [1.807, 2.05) is 6.07 Å². The first-order chi connectivity index (χ1) is 7.25. The molecule has 0 spiro atoms. The van der Waals surface area contributed by atoms with Gasteiger partial charge in [-0.15, -0.1) is 16.4 Å². The van der Waals surface area contributed by atoms with Crippen molar-refractivity contribution in [1.29, 1.82) is 0 Å². The maximum absolute atomic E-state index is 11.6. The van der Waals surface area contributed by atoms with Gasteiger partial charge in [0.25, 0.3) is 5.91 Å². The highest BCUT2D eigenvalue weighted by Gasteiger charge is 2.08. The van der Waals surface area contributed by atoms with E-state index in [0.29, 0.717) is 11.4 Å². The van der Waals surface area contributed by atoms with Crippen molar-refractivity contribution >= 4 is 44.7 Å². The number of rotatable bonds is 3. The number of nitrogens with zero attached hydrogens (tertiary/aromatic N) is 2. The van der Waals surface area contributed by atoms with Gasteiger partial charge in [-0.1, -0.05) is 4.49 Å². The summed E-state index contributed by atoms with van der Waals surface area (Å²) in [5, 5.41) is 6.49. The van der Waals surface area contributed by atoms with Crippen LogP contribution in [0.2, 0.25) is 0 Å². The molecule has 0 fully saturated rings.